The van der Waals surface area contributed by atoms with Crippen molar-refractivity contribution in [3.05, 3.63) is 88.2 Å². The predicted molar refractivity (Wildman–Crippen MR) is 112 cm³/mol. The number of benzene rings is 1. The van der Waals surface area contributed by atoms with Crippen LogP contribution in [0.5, 0.6) is 0 Å². The van der Waals surface area contributed by atoms with Crippen molar-refractivity contribution in [2.24, 2.45) is 11.0 Å². The van der Waals surface area contributed by atoms with Gasteiger partial charge in [-0.25, -0.2) is 5.01 Å². The molecule has 0 N–H and O–H groups in total. The lowest BCUT2D eigenvalue weighted by atomic mass is 9.95. The van der Waals surface area contributed by atoms with E-state index in [0.717, 1.165) is 28.3 Å². The van der Waals surface area contributed by atoms with E-state index in [2.05, 4.69) is 4.98 Å². The van der Waals surface area contributed by atoms with Gasteiger partial charge < -0.3 is 0 Å². The molecule has 2 unspecified atom stereocenters. The van der Waals surface area contributed by atoms with Crippen molar-refractivity contribution in [3.63, 3.8) is 0 Å². The fourth-order valence-electron chi connectivity index (χ4n) is 3.50. The molecule has 2 atom stereocenters. The summed E-state index contributed by atoms with van der Waals surface area (Å²) in [4.78, 5) is 17.3. The molecule has 0 bridgehead atoms. The van der Waals surface area contributed by atoms with E-state index in [1.54, 1.807) is 17.4 Å². The molecule has 142 valence electrons. The molecule has 0 spiro atoms. The minimum absolute atomic E-state index is 0.00103. The van der Waals surface area contributed by atoms with Crippen molar-refractivity contribution in [2.75, 3.05) is 0 Å². The minimum atomic E-state index is -0.154. The number of amides is 1. The highest BCUT2D eigenvalue weighted by atomic mass is 35.5. The van der Waals surface area contributed by atoms with Crippen LogP contribution in [0.1, 0.15) is 36.4 Å². The van der Waals surface area contributed by atoms with Gasteiger partial charge in [-0.2, -0.15) is 5.10 Å². The van der Waals surface area contributed by atoms with Gasteiger partial charge in [0.05, 0.1) is 11.8 Å². The van der Waals surface area contributed by atoms with Crippen LogP contribution < -0.4 is 0 Å². The van der Waals surface area contributed by atoms with Crippen LogP contribution in [-0.2, 0) is 4.79 Å². The summed E-state index contributed by atoms with van der Waals surface area (Å²) < 4.78 is 0. The van der Waals surface area contributed by atoms with E-state index in [-0.39, 0.29) is 17.9 Å². The number of nitrogens with zero attached hydrogens (tertiary/aromatic N) is 3. The summed E-state index contributed by atoms with van der Waals surface area (Å²) in [7, 11) is 0. The third-order valence-electron chi connectivity index (χ3n) is 4.99. The van der Waals surface area contributed by atoms with E-state index in [0.29, 0.717) is 17.9 Å². The summed E-state index contributed by atoms with van der Waals surface area (Å²) >= 11 is 12.0. The fourth-order valence-corrected chi connectivity index (χ4v) is 3.79. The molecule has 1 aliphatic carbocycles. The lowest BCUT2D eigenvalue weighted by Crippen LogP contribution is -2.28. The second kappa shape index (κ2) is 8.29. The number of carbonyl (C=O) groups excluding carboxylic acids is 1. The number of halogens is 2. The minimum Gasteiger partial charge on any atom is -0.273 e. The zero-order valence-electron chi connectivity index (χ0n) is 15.1. The van der Waals surface area contributed by atoms with Crippen molar-refractivity contribution in [1.29, 1.82) is 0 Å². The van der Waals surface area contributed by atoms with Crippen LogP contribution in [0.25, 0.3) is 0 Å². The van der Waals surface area contributed by atoms with Crippen molar-refractivity contribution < 1.29 is 4.79 Å². The smallest absolute Gasteiger partial charge is 0.243 e. The molecule has 4 nitrogen and oxygen atoms in total. The summed E-state index contributed by atoms with van der Waals surface area (Å²) in [6, 6.07) is 11.3. The van der Waals surface area contributed by atoms with Gasteiger partial charge in [-0.15, -0.1) is 0 Å². The highest BCUT2D eigenvalue weighted by molar-refractivity contribution is 6.31. The van der Waals surface area contributed by atoms with Crippen LogP contribution in [0.2, 0.25) is 5.02 Å². The lowest BCUT2D eigenvalue weighted by molar-refractivity contribution is -0.133. The van der Waals surface area contributed by atoms with Gasteiger partial charge in [0.15, 0.2) is 0 Å². The predicted octanol–water partition coefficient (Wildman–Crippen LogP) is 5.50. The molecule has 28 heavy (non-hydrogen) atoms. The molecule has 1 aliphatic heterocycles. The third kappa shape index (κ3) is 4.18. The second-order valence-corrected chi connectivity index (χ2v) is 7.82. The average molecular weight is 412 g/mol. The second-order valence-electron chi connectivity index (χ2n) is 6.95. The number of hydrogen-bond acceptors (Lipinski definition) is 3. The Morgan fingerprint density at radius 1 is 1.18 bits per heavy atom. The Hall–Kier alpha value is -2.43. The molecule has 1 aromatic carbocycles. The van der Waals surface area contributed by atoms with Crippen LogP contribution in [0.15, 0.2) is 77.2 Å². The first kappa shape index (κ1) is 18.9. The van der Waals surface area contributed by atoms with E-state index in [1.165, 1.54) is 0 Å². The molecule has 0 fully saturated rings. The largest absolute Gasteiger partial charge is 0.273 e. The van der Waals surface area contributed by atoms with Gasteiger partial charge in [-0.1, -0.05) is 53.6 Å². The van der Waals surface area contributed by atoms with Crippen LogP contribution >= 0.6 is 23.2 Å². The Kier molecular flexibility index (Phi) is 5.60. The number of pyridine rings is 1. The Labute approximate surface area is 174 Å². The van der Waals surface area contributed by atoms with Gasteiger partial charge in [0.1, 0.15) is 0 Å². The number of rotatable bonds is 4. The average Bonchev–Trinajstić information content (AvgIpc) is 3.16. The third-order valence-corrected chi connectivity index (χ3v) is 5.52. The monoisotopic (exact) mass is 411 g/mol. The molecule has 4 rings (SSSR count). The Balaban J connectivity index is 1.59. The highest BCUT2D eigenvalue weighted by Gasteiger charge is 2.33. The van der Waals surface area contributed by atoms with Crippen molar-refractivity contribution >= 4 is 34.8 Å². The molecule has 2 heterocycles. The van der Waals surface area contributed by atoms with Gasteiger partial charge in [-0.05, 0) is 47.7 Å². The van der Waals surface area contributed by atoms with Gasteiger partial charge in [0.25, 0.3) is 0 Å². The Bertz CT molecular complexity index is 952. The summed E-state index contributed by atoms with van der Waals surface area (Å²) in [5, 5.41) is 7.71. The molecule has 2 aromatic rings. The maximum Gasteiger partial charge on any atom is 0.243 e. The van der Waals surface area contributed by atoms with Crippen molar-refractivity contribution in [2.45, 2.75) is 25.3 Å². The SMILES string of the molecule is O=C(CC1C=CC(Cl)=CC1)N1N=C(c2ccc(Cl)cc2)CC1c1cccnc1. The van der Waals surface area contributed by atoms with Crippen LogP contribution in [0.3, 0.4) is 0 Å². The molecular formula is C22H19Cl2N3O. The van der Waals surface area contributed by atoms with Gasteiger partial charge in [-0.3, -0.25) is 9.78 Å². The molecular weight excluding hydrogens is 393 g/mol. The number of hydrogen-bond donors (Lipinski definition) is 0. The van der Waals surface area contributed by atoms with Gasteiger partial charge in [0, 0.05) is 35.3 Å². The number of allylic oxidation sites excluding steroid dienone is 4. The first-order valence-corrected chi connectivity index (χ1v) is 9.95. The van der Waals surface area contributed by atoms with E-state index in [9.17, 15) is 4.79 Å². The molecule has 2 aliphatic rings. The van der Waals surface area contributed by atoms with Crippen LogP contribution in [-0.4, -0.2) is 21.6 Å². The fraction of sp³-hybridized carbons (Fsp3) is 0.227. The first-order valence-electron chi connectivity index (χ1n) is 9.19. The van der Waals surface area contributed by atoms with Crippen LogP contribution in [0.4, 0.5) is 0 Å². The summed E-state index contributed by atoms with van der Waals surface area (Å²) in [6.45, 7) is 0. The van der Waals surface area contributed by atoms with Crippen molar-refractivity contribution in [3.8, 4) is 0 Å². The molecule has 0 radical (unpaired) electrons. The van der Waals surface area contributed by atoms with Crippen molar-refractivity contribution in [1.82, 2.24) is 9.99 Å². The maximum atomic E-state index is 13.1. The number of carbonyl (C=O) groups is 1. The lowest BCUT2D eigenvalue weighted by Gasteiger charge is -2.23. The standard InChI is InChI=1S/C22H19Cl2N3O/c23-18-7-3-15(4-8-18)12-22(28)27-21(17-2-1-11-25-14-17)13-20(26-27)16-5-9-19(24)10-6-16/h1-3,5-11,14-15,21H,4,12-13H2. The molecule has 1 aromatic heterocycles. The number of hydrazone groups is 1. The topological polar surface area (TPSA) is 45.6 Å². The molecule has 6 heteroatoms. The van der Waals surface area contributed by atoms with Gasteiger partial charge >= 0.3 is 0 Å². The van der Waals surface area contributed by atoms with E-state index >= 15 is 0 Å². The van der Waals surface area contributed by atoms with E-state index in [4.69, 9.17) is 28.3 Å². The normalized spacial score (nSPS) is 21.4. The highest BCUT2D eigenvalue weighted by Crippen LogP contribution is 2.34. The van der Waals surface area contributed by atoms with Gasteiger partial charge in [0.2, 0.25) is 5.91 Å². The zero-order valence-corrected chi connectivity index (χ0v) is 16.6. The summed E-state index contributed by atoms with van der Waals surface area (Å²) in [5.74, 6) is 0.137. The zero-order chi connectivity index (χ0) is 19.5. The molecule has 0 saturated heterocycles. The maximum absolute atomic E-state index is 13.1. The quantitative estimate of drug-likeness (QED) is 0.666. The van der Waals surface area contributed by atoms with E-state index in [1.807, 2.05) is 54.6 Å². The Morgan fingerprint density at radius 2 is 2.00 bits per heavy atom. The van der Waals surface area contributed by atoms with Crippen LogP contribution in [0, 0.1) is 5.92 Å². The molecule has 1 amide bonds. The molecule has 0 saturated carbocycles. The number of aromatic nitrogens is 1. The summed E-state index contributed by atoms with van der Waals surface area (Å²) in [5.41, 5.74) is 2.83. The first-order chi connectivity index (χ1) is 13.6. The van der Waals surface area contributed by atoms with E-state index < -0.39 is 0 Å². The summed E-state index contributed by atoms with van der Waals surface area (Å²) in [6.07, 6.45) is 11.1. The Morgan fingerprint density at radius 3 is 2.68 bits per heavy atom.